The summed E-state index contributed by atoms with van der Waals surface area (Å²) < 4.78 is 0. The summed E-state index contributed by atoms with van der Waals surface area (Å²) in [4.78, 5) is 0. The quantitative estimate of drug-likeness (QED) is 0.751. The lowest BCUT2D eigenvalue weighted by molar-refractivity contribution is -0.0702. The van der Waals surface area contributed by atoms with E-state index in [9.17, 15) is 0 Å². The van der Waals surface area contributed by atoms with E-state index in [4.69, 9.17) is 0 Å². The first-order chi connectivity index (χ1) is 9.36. The first-order valence-electron chi connectivity index (χ1n) is 8.85. The third-order valence-corrected chi connectivity index (χ3v) is 6.24. The minimum absolute atomic E-state index is 0.242. The molecule has 1 atom stereocenters. The summed E-state index contributed by atoms with van der Waals surface area (Å²) in [5.74, 6) is 3.20. The van der Waals surface area contributed by atoms with Gasteiger partial charge in [0.25, 0.3) is 0 Å². The van der Waals surface area contributed by atoms with Crippen molar-refractivity contribution in [2.24, 2.45) is 23.2 Å². The van der Waals surface area contributed by atoms with Crippen LogP contribution in [0.5, 0.6) is 0 Å². The van der Waals surface area contributed by atoms with Crippen molar-refractivity contribution >= 4 is 0 Å². The van der Waals surface area contributed by atoms with Crippen LogP contribution < -0.4 is 10.6 Å². The van der Waals surface area contributed by atoms with Gasteiger partial charge in [-0.1, -0.05) is 0 Å². The molecule has 0 aromatic carbocycles. The van der Waals surface area contributed by atoms with E-state index in [-0.39, 0.29) is 5.54 Å². The zero-order valence-electron chi connectivity index (χ0n) is 14.0. The number of rotatable bonds is 5. The SMILES string of the molecule is CC(NCCNC(C)(C)C)C12CC3CC(CC(C3)C1)C2. The molecule has 1 unspecified atom stereocenters. The highest BCUT2D eigenvalue weighted by Crippen LogP contribution is 2.61. The Morgan fingerprint density at radius 2 is 1.45 bits per heavy atom. The summed E-state index contributed by atoms with van der Waals surface area (Å²) in [6.45, 7) is 11.4. The van der Waals surface area contributed by atoms with Crippen molar-refractivity contribution in [1.29, 1.82) is 0 Å². The first-order valence-corrected chi connectivity index (χ1v) is 8.85. The molecule has 4 saturated carbocycles. The van der Waals surface area contributed by atoms with Gasteiger partial charge in [-0.3, -0.25) is 0 Å². The van der Waals surface area contributed by atoms with Crippen molar-refractivity contribution in [1.82, 2.24) is 10.6 Å². The minimum atomic E-state index is 0.242. The molecule has 0 aliphatic heterocycles. The highest BCUT2D eigenvalue weighted by atomic mass is 15.0. The summed E-state index contributed by atoms with van der Waals surface area (Å²) in [7, 11) is 0. The molecule has 4 fully saturated rings. The maximum absolute atomic E-state index is 3.85. The topological polar surface area (TPSA) is 24.1 Å². The van der Waals surface area contributed by atoms with Crippen LogP contribution >= 0.6 is 0 Å². The van der Waals surface area contributed by atoms with Crippen LogP contribution in [0.3, 0.4) is 0 Å². The van der Waals surface area contributed by atoms with Gasteiger partial charge in [-0.2, -0.15) is 0 Å². The fraction of sp³-hybridized carbons (Fsp3) is 1.00. The molecule has 0 radical (unpaired) electrons. The molecule has 116 valence electrons. The minimum Gasteiger partial charge on any atom is -0.312 e. The molecule has 20 heavy (non-hydrogen) atoms. The number of hydrogen-bond acceptors (Lipinski definition) is 2. The van der Waals surface area contributed by atoms with Crippen LogP contribution in [0.2, 0.25) is 0 Å². The lowest BCUT2D eigenvalue weighted by Crippen LogP contribution is -2.55. The molecule has 0 amide bonds. The summed E-state index contributed by atoms with van der Waals surface area (Å²) in [5.41, 5.74) is 0.891. The molecule has 4 rings (SSSR count). The molecule has 2 N–H and O–H groups in total. The molecule has 2 nitrogen and oxygen atoms in total. The van der Waals surface area contributed by atoms with E-state index in [1.165, 1.54) is 19.3 Å². The fourth-order valence-electron chi connectivity index (χ4n) is 5.65. The lowest BCUT2D eigenvalue weighted by Gasteiger charge is -2.59. The Morgan fingerprint density at radius 3 is 1.90 bits per heavy atom. The predicted octanol–water partition coefficient (Wildman–Crippen LogP) is 3.57. The highest BCUT2D eigenvalue weighted by Gasteiger charge is 2.52. The molecule has 0 aromatic rings. The van der Waals surface area contributed by atoms with Crippen LogP contribution in [0.4, 0.5) is 0 Å². The van der Waals surface area contributed by atoms with Crippen molar-refractivity contribution < 1.29 is 0 Å². The normalized spacial score (nSPS) is 41.1. The Balaban J connectivity index is 1.51. The average Bonchev–Trinajstić information content (AvgIpc) is 2.31. The van der Waals surface area contributed by atoms with Crippen molar-refractivity contribution in [2.75, 3.05) is 13.1 Å². The predicted molar refractivity (Wildman–Crippen MR) is 85.8 cm³/mol. The van der Waals surface area contributed by atoms with E-state index in [1.807, 2.05) is 0 Å². The average molecular weight is 278 g/mol. The van der Waals surface area contributed by atoms with Gasteiger partial charge >= 0.3 is 0 Å². The van der Waals surface area contributed by atoms with Gasteiger partial charge in [-0.25, -0.2) is 0 Å². The van der Waals surface area contributed by atoms with Crippen LogP contribution in [0.1, 0.15) is 66.2 Å². The zero-order valence-corrected chi connectivity index (χ0v) is 14.0. The Labute approximate surface area is 125 Å². The maximum atomic E-state index is 3.85. The Hall–Kier alpha value is -0.0800. The third kappa shape index (κ3) is 3.06. The standard InChI is InChI=1S/C18H34N2/c1-13(19-5-6-20-17(2,3)4)18-10-14-7-15(11-18)9-16(8-14)12-18/h13-16,19-20H,5-12H2,1-4H3. The van der Waals surface area contributed by atoms with E-state index >= 15 is 0 Å². The van der Waals surface area contributed by atoms with Crippen molar-refractivity contribution in [3.63, 3.8) is 0 Å². The Morgan fingerprint density at radius 1 is 0.950 bits per heavy atom. The smallest absolute Gasteiger partial charge is 0.00970 e. The van der Waals surface area contributed by atoms with E-state index < -0.39 is 0 Å². The maximum Gasteiger partial charge on any atom is 0.00970 e. The Kier molecular flexibility index (Phi) is 3.92. The van der Waals surface area contributed by atoms with E-state index in [0.29, 0.717) is 11.5 Å². The van der Waals surface area contributed by atoms with Gasteiger partial charge in [-0.05, 0) is 89.4 Å². The van der Waals surface area contributed by atoms with Gasteiger partial charge in [0.2, 0.25) is 0 Å². The van der Waals surface area contributed by atoms with Crippen LogP contribution in [-0.2, 0) is 0 Å². The van der Waals surface area contributed by atoms with Crippen LogP contribution in [0.15, 0.2) is 0 Å². The van der Waals surface area contributed by atoms with Gasteiger partial charge in [0.1, 0.15) is 0 Å². The van der Waals surface area contributed by atoms with Gasteiger partial charge < -0.3 is 10.6 Å². The van der Waals surface area contributed by atoms with Gasteiger partial charge in [0.15, 0.2) is 0 Å². The van der Waals surface area contributed by atoms with Gasteiger partial charge in [0.05, 0.1) is 0 Å². The van der Waals surface area contributed by atoms with E-state index in [0.717, 1.165) is 30.8 Å². The Bertz CT molecular complexity index is 307. The highest BCUT2D eigenvalue weighted by molar-refractivity contribution is 5.05. The summed E-state index contributed by atoms with van der Waals surface area (Å²) in [6.07, 6.45) is 9.20. The second kappa shape index (κ2) is 5.28. The molecule has 0 heterocycles. The molecular weight excluding hydrogens is 244 g/mol. The molecule has 2 heteroatoms. The van der Waals surface area contributed by atoms with Crippen LogP contribution in [0, 0.1) is 23.2 Å². The molecule has 4 bridgehead atoms. The monoisotopic (exact) mass is 278 g/mol. The second-order valence-electron chi connectivity index (χ2n) is 9.13. The number of hydrogen-bond donors (Lipinski definition) is 2. The summed E-state index contributed by atoms with van der Waals surface area (Å²) in [5, 5.41) is 7.44. The summed E-state index contributed by atoms with van der Waals surface area (Å²) in [6, 6.07) is 0.706. The molecule has 4 aliphatic carbocycles. The van der Waals surface area contributed by atoms with Crippen LogP contribution in [-0.4, -0.2) is 24.7 Å². The molecular formula is C18H34N2. The van der Waals surface area contributed by atoms with E-state index in [1.54, 1.807) is 19.3 Å². The lowest BCUT2D eigenvalue weighted by atomic mass is 9.48. The van der Waals surface area contributed by atoms with Crippen molar-refractivity contribution in [3.8, 4) is 0 Å². The van der Waals surface area contributed by atoms with Crippen molar-refractivity contribution in [3.05, 3.63) is 0 Å². The first kappa shape index (κ1) is 14.8. The van der Waals surface area contributed by atoms with Gasteiger partial charge in [0, 0.05) is 24.7 Å². The van der Waals surface area contributed by atoms with Crippen LogP contribution in [0.25, 0.3) is 0 Å². The molecule has 0 spiro atoms. The third-order valence-electron chi connectivity index (χ3n) is 6.24. The summed E-state index contributed by atoms with van der Waals surface area (Å²) >= 11 is 0. The second-order valence-corrected chi connectivity index (χ2v) is 9.13. The van der Waals surface area contributed by atoms with Crippen molar-refractivity contribution in [2.45, 2.75) is 77.8 Å². The number of nitrogens with one attached hydrogen (secondary N) is 2. The van der Waals surface area contributed by atoms with E-state index in [2.05, 4.69) is 38.3 Å². The fourth-order valence-corrected chi connectivity index (χ4v) is 5.65. The molecule has 4 aliphatic rings. The largest absolute Gasteiger partial charge is 0.312 e. The van der Waals surface area contributed by atoms with Gasteiger partial charge in [-0.15, -0.1) is 0 Å². The zero-order chi connectivity index (χ0) is 14.4. The molecule has 0 aromatic heterocycles. The molecule has 0 saturated heterocycles.